The van der Waals surface area contributed by atoms with Gasteiger partial charge in [0.05, 0.1) is 12.6 Å². The monoisotopic (exact) mass is 367 g/mol. The van der Waals surface area contributed by atoms with Crippen LogP contribution < -0.4 is 0 Å². The normalized spacial score (nSPS) is 19.5. The smallest absolute Gasteiger partial charge is 0.417 e. The van der Waals surface area contributed by atoms with E-state index in [1.165, 1.54) is 12.1 Å². The Labute approximate surface area is 153 Å². The molecule has 2 rings (SSSR count). The van der Waals surface area contributed by atoms with Crippen LogP contribution in [0.3, 0.4) is 0 Å². The van der Waals surface area contributed by atoms with E-state index in [0.717, 1.165) is 17.4 Å². The van der Waals surface area contributed by atoms with Crippen LogP contribution in [0.2, 0.25) is 0 Å². The first kappa shape index (κ1) is 20.3. The molecule has 1 saturated heterocycles. The summed E-state index contributed by atoms with van der Waals surface area (Å²) in [5, 5.41) is 0. The van der Waals surface area contributed by atoms with Crippen molar-refractivity contribution >= 4 is 12.0 Å². The highest BCUT2D eigenvalue weighted by molar-refractivity contribution is 5.96. The van der Waals surface area contributed by atoms with Crippen LogP contribution in [-0.4, -0.2) is 23.5 Å². The Hall–Kier alpha value is -1.98. The van der Waals surface area contributed by atoms with Gasteiger partial charge in [0.2, 0.25) is 5.91 Å². The highest BCUT2D eigenvalue weighted by Crippen LogP contribution is 2.45. The molecule has 0 radical (unpaired) electrons. The third-order valence-electron chi connectivity index (χ3n) is 5.42. The summed E-state index contributed by atoms with van der Waals surface area (Å²) >= 11 is 0. The van der Waals surface area contributed by atoms with E-state index in [0.29, 0.717) is 32.1 Å². The van der Waals surface area contributed by atoms with Crippen LogP contribution >= 0.6 is 0 Å². The molecule has 1 heterocycles. The largest absolute Gasteiger partial charge is 0.449 e. The van der Waals surface area contributed by atoms with E-state index < -0.39 is 29.2 Å². The maximum Gasteiger partial charge on any atom is 0.417 e. The van der Waals surface area contributed by atoms with Gasteiger partial charge in [-0.25, -0.2) is 18.5 Å². The third-order valence-corrected chi connectivity index (χ3v) is 5.42. The van der Waals surface area contributed by atoms with Crippen LogP contribution in [0.5, 0.6) is 0 Å². The summed E-state index contributed by atoms with van der Waals surface area (Å²) in [5.41, 5.74) is -0.351. The number of imide groups is 1. The lowest BCUT2D eigenvalue weighted by Gasteiger charge is -2.44. The standard InChI is InChI=1S/C20H27F2NO3/c1-4-7-10-26-19(25)23-17(14-11-15(21)13-16(22)12-14)8-9-20(5-2,6-3)18(23)24/h11-13,17H,4-10H2,1-3H3/t17-/m0/s1. The SMILES string of the molecule is CCCCOC(=O)N1C(=O)C(CC)(CC)CC[C@H]1c1cc(F)cc(F)c1. The van der Waals surface area contributed by atoms with Gasteiger partial charge in [-0.3, -0.25) is 4.79 Å². The molecule has 0 bridgehead atoms. The molecule has 0 aliphatic carbocycles. The van der Waals surface area contributed by atoms with Gasteiger partial charge in [-0.05, 0) is 49.8 Å². The molecule has 26 heavy (non-hydrogen) atoms. The van der Waals surface area contributed by atoms with Crippen LogP contribution in [0.1, 0.15) is 70.9 Å². The van der Waals surface area contributed by atoms with Crippen LogP contribution in [0.25, 0.3) is 0 Å². The zero-order valence-electron chi connectivity index (χ0n) is 15.7. The Morgan fingerprint density at radius 2 is 1.81 bits per heavy atom. The fourth-order valence-electron chi connectivity index (χ4n) is 3.62. The lowest BCUT2D eigenvalue weighted by molar-refractivity contribution is -0.148. The predicted molar refractivity (Wildman–Crippen MR) is 94.5 cm³/mol. The minimum Gasteiger partial charge on any atom is -0.449 e. The van der Waals surface area contributed by atoms with E-state index in [-0.39, 0.29) is 18.1 Å². The first-order valence-corrected chi connectivity index (χ1v) is 9.35. The second-order valence-electron chi connectivity index (χ2n) is 6.89. The van der Waals surface area contributed by atoms with E-state index in [2.05, 4.69) is 0 Å². The zero-order chi connectivity index (χ0) is 19.3. The second kappa shape index (κ2) is 8.60. The van der Waals surface area contributed by atoms with Gasteiger partial charge < -0.3 is 4.74 Å². The molecule has 0 aromatic heterocycles. The number of rotatable bonds is 6. The van der Waals surface area contributed by atoms with E-state index in [1.807, 2.05) is 20.8 Å². The number of benzene rings is 1. The summed E-state index contributed by atoms with van der Waals surface area (Å²) in [5.74, 6) is -1.77. The summed E-state index contributed by atoms with van der Waals surface area (Å²) in [4.78, 5) is 26.9. The van der Waals surface area contributed by atoms with Gasteiger partial charge in [-0.15, -0.1) is 0 Å². The molecule has 1 aliphatic rings. The van der Waals surface area contributed by atoms with Gasteiger partial charge in [-0.2, -0.15) is 0 Å². The highest BCUT2D eigenvalue weighted by Gasteiger charge is 2.48. The Kier molecular flexibility index (Phi) is 6.73. The number of halogens is 2. The molecule has 1 aromatic carbocycles. The van der Waals surface area contributed by atoms with Crippen molar-refractivity contribution in [1.29, 1.82) is 0 Å². The van der Waals surface area contributed by atoms with Crippen molar-refractivity contribution in [2.75, 3.05) is 6.61 Å². The number of piperidine rings is 1. The number of carbonyl (C=O) groups is 2. The third kappa shape index (κ3) is 4.05. The average molecular weight is 367 g/mol. The number of carbonyl (C=O) groups excluding carboxylic acids is 2. The molecule has 6 heteroatoms. The van der Waals surface area contributed by atoms with E-state index in [4.69, 9.17) is 4.74 Å². The first-order chi connectivity index (χ1) is 12.4. The van der Waals surface area contributed by atoms with Crippen LogP contribution in [0.4, 0.5) is 13.6 Å². The lowest BCUT2D eigenvalue weighted by Crippen LogP contribution is -2.52. The molecular formula is C20H27F2NO3. The summed E-state index contributed by atoms with van der Waals surface area (Å²) < 4.78 is 32.6. The maximum atomic E-state index is 13.7. The zero-order valence-corrected chi connectivity index (χ0v) is 15.7. The Balaban J connectivity index is 2.39. The van der Waals surface area contributed by atoms with Crippen LogP contribution in [-0.2, 0) is 9.53 Å². The Morgan fingerprint density at radius 3 is 2.35 bits per heavy atom. The molecule has 1 fully saturated rings. The molecule has 1 aromatic rings. The summed E-state index contributed by atoms with van der Waals surface area (Å²) in [6.45, 7) is 6.03. The average Bonchev–Trinajstić information content (AvgIpc) is 2.61. The van der Waals surface area contributed by atoms with Crippen molar-refractivity contribution in [3.8, 4) is 0 Å². The second-order valence-corrected chi connectivity index (χ2v) is 6.89. The molecule has 144 valence electrons. The summed E-state index contributed by atoms with van der Waals surface area (Å²) in [6, 6.07) is 2.42. The number of hydrogen-bond donors (Lipinski definition) is 0. The maximum absolute atomic E-state index is 13.7. The molecule has 0 unspecified atom stereocenters. The molecule has 0 saturated carbocycles. The number of likely N-dealkylation sites (tertiary alicyclic amines) is 1. The molecule has 1 aliphatic heterocycles. The number of unbranched alkanes of at least 4 members (excludes halogenated alkanes) is 1. The lowest BCUT2D eigenvalue weighted by atomic mass is 9.72. The fraction of sp³-hybridized carbons (Fsp3) is 0.600. The predicted octanol–water partition coefficient (Wildman–Crippen LogP) is 5.37. The molecule has 2 amide bonds. The number of nitrogens with zero attached hydrogens (tertiary/aromatic N) is 1. The molecule has 1 atom stereocenters. The van der Waals surface area contributed by atoms with Gasteiger partial charge in [0.15, 0.2) is 0 Å². The van der Waals surface area contributed by atoms with E-state index >= 15 is 0 Å². The van der Waals surface area contributed by atoms with E-state index in [9.17, 15) is 18.4 Å². The minimum absolute atomic E-state index is 0.217. The van der Waals surface area contributed by atoms with Gasteiger partial charge in [0.25, 0.3) is 0 Å². The van der Waals surface area contributed by atoms with Gasteiger partial charge in [0, 0.05) is 11.5 Å². The highest BCUT2D eigenvalue weighted by atomic mass is 19.1. The van der Waals surface area contributed by atoms with Crippen molar-refractivity contribution in [2.24, 2.45) is 5.41 Å². The summed E-state index contributed by atoms with van der Waals surface area (Å²) in [7, 11) is 0. The molecule has 4 nitrogen and oxygen atoms in total. The number of amides is 2. The minimum atomic E-state index is -0.732. The summed E-state index contributed by atoms with van der Waals surface area (Å²) in [6.07, 6.45) is 3.05. The number of ether oxygens (including phenoxy) is 1. The van der Waals surface area contributed by atoms with Crippen molar-refractivity contribution in [1.82, 2.24) is 4.90 Å². The van der Waals surface area contributed by atoms with E-state index in [1.54, 1.807) is 0 Å². The molecule has 0 spiro atoms. The van der Waals surface area contributed by atoms with Crippen molar-refractivity contribution in [3.05, 3.63) is 35.4 Å². The number of hydrogen-bond acceptors (Lipinski definition) is 3. The first-order valence-electron chi connectivity index (χ1n) is 9.35. The topological polar surface area (TPSA) is 46.6 Å². The quantitative estimate of drug-likeness (QED) is 0.635. The van der Waals surface area contributed by atoms with Crippen molar-refractivity contribution in [3.63, 3.8) is 0 Å². The molecule has 0 N–H and O–H groups in total. The van der Waals surface area contributed by atoms with Gasteiger partial charge in [0.1, 0.15) is 11.6 Å². The van der Waals surface area contributed by atoms with Crippen LogP contribution in [0, 0.1) is 17.0 Å². The molecular weight excluding hydrogens is 340 g/mol. The van der Waals surface area contributed by atoms with Crippen LogP contribution in [0.15, 0.2) is 18.2 Å². The van der Waals surface area contributed by atoms with Gasteiger partial charge in [-0.1, -0.05) is 27.2 Å². The Morgan fingerprint density at radius 1 is 1.19 bits per heavy atom. The van der Waals surface area contributed by atoms with Crippen molar-refractivity contribution < 1.29 is 23.1 Å². The fourth-order valence-corrected chi connectivity index (χ4v) is 3.62. The van der Waals surface area contributed by atoms with Crippen molar-refractivity contribution in [2.45, 2.75) is 65.3 Å². The Bertz CT molecular complexity index is 638. The van der Waals surface area contributed by atoms with Gasteiger partial charge >= 0.3 is 6.09 Å².